The number of aromatic nitrogens is 1. The highest BCUT2D eigenvalue weighted by atomic mass is 16.6. The Labute approximate surface area is 172 Å². The number of hydrogen-bond donors (Lipinski definition) is 0. The van der Waals surface area contributed by atoms with E-state index in [0.717, 1.165) is 23.2 Å². The van der Waals surface area contributed by atoms with E-state index >= 15 is 0 Å². The zero-order valence-electron chi connectivity index (χ0n) is 16.7. The van der Waals surface area contributed by atoms with Gasteiger partial charge in [0.05, 0.1) is 30.4 Å². The van der Waals surface area contributed by atoms with E-state index < -0.39 is 17.5 Å². The van der Waals surface area contributed by atoms with Gasteiger partial charge in [0, 0.05) is 23.0 Å². The molecule has 3 rings (SSSR count). The molecule has 0 bridgehead atoms. The number of ether oxygens (including phenoxy) is 2. The van der Waals surface area contributed by atoms with Gasteiger partial charge in [-0.05, 0) is 44.2 Å². The third-order valence-corrected chi connectivity index (χ3v) is 4.71. The number of rotatable bonds is 8. The van der Waals surface area contributed by atoms with E-state index in [1.807, 2.05) is 17.6 Å². The van der Waals surface area contributed by atoms with Gasteiger partial charge < -0.3 is 18.5 Å². The van der Waals surface area contributed by atoms with Crippen molar-refractivity contribution in [2.24, 2.45) is 0 Å². The summed E-state index contributed by atoms with van der Waals surface area (Å²) in [6.07, 6.45) is 1.58. The SMILES string of the molecule is COc1ccc(C(=O)OCC(=O)c2cc(C)n(Cc3ccco3)c2C)cc1[N+](=O)[O-]. The molecule has 0 saturated heterocycles. The number of nitro benzene ring substituents is 1. The predicted molar refractivity (Wildman–Crippen MR) is 106 cm³/mol. The molecule has 0 aliphatic carbocycles. The minimum atomic E-state index is -0.835. The van der Waals surface area contributed by atoms with Crippen molar-refractivity contribution in [3.63, 3.8) is 0 Å². The second kappa shape index (κ2) is 8.64. The van der Waals surface area contributed by atoms with Crippen molar-refractivity contribution in [2.75, 3.05) is 13.7 Å². The molecule has 0 spiro atoms. The number of Topliss-reactive ketones (excluding diaryl/α,β-unsaturated/α-hetero) is 1. The number of methoxy groups -OCH3 is 1. The molecule has 0 aliphatic heterocycles. The summed E-state index contributed by atoms with van der Waals surface area (Å²) in [6, 6.07) is 9.06. The van der Waals surface area contributed by atoms with E-state index in [4.69, 9.17) is 13.9 Å². The number of nitrogens with zero attached hydrogens (tertiary/aromatic N) is 2. The van der Waals surface area contributed by atoms with Crippen molar-refractivity contribution in [1.29, 1.82) is 0 Å². The van der Waals surface area contributed by atoms with Crippen molar-refractivity contribution in [3.8, 4) is 5.75 Å². The number of esters is 1. The molecule has 156 valence electrons. The first-order chi connectivity index (χ1) is 14.3. The molecule has 0 radical (unpaired) electrons. The fourth-order valence-electron chi connectivity index (χ4n) is 3.14. The van der Waals surface area contributed by atoms with E-state index in [1.54, 1.807) is 25.3 Å². The third kappa shape index (κ3) is 4.24. The van der Waals surface area contributed by atoms with E-state index in [0.29, 0.717) is 12.1 Å². The van der Waals surface area contributed by atoms with Gasteiger partial charge in [-0.25, -0.2) is 4.79 Å². The van der Waals surface area contributed by atoms with Gasteiger partial charge in [-0.15, -0.1) is 0 Å². The highest BCUT2D eigenvalue weighted by molar-refractivity contribution is 6.00. The molecule has 0 N–H and O–H groups in total. The van der Waals surface area contributed by atoms with Crippen LogP contribution in [0.1, 0.15) is 37.9 Å². The molecule has 0 unspecified atom stereocenters. The number of nitro groups is 1. The Balaban J connectivity index is 1.71. The van der Waals surface area contributed by atoms with E-state index in [2.05, 4.69) is 0 Å². The van der Waals surface area contributed by atoms with Gasteiger partial charge in [0.2, 0.25) is 5.78 Å². The van der Waals surface area contributed by atoms with Crippen LogP contribution in [0.5, 0.6) is 5.75 Å². The standard InChI is InChI=1S/C21H20N2O7/c1-13-9-17(14(2)22(13)11-16-5-4-8-29-16)19(24)12-30-21(25)15-6-7-20(28-3)18(10-15)23(26)27/h4-10H,11-12H2,1-3H3. The molecule has 0 atom stereocenters. The maximum absolute atomic E-state index is 12.6. The average Bonchev–Trinajstić information content (AvgIpc) is 3.35. The van der Waals surface area contributed by atoms with Gasteiger partial charge in [0.1, 0.15) is 5.76 Å². The third-order valence-electron chi connectivity index (χ3n) is 4.71. The monoisotopic (exact) mass is 412 g/mol. The molecular formula is C21H20N2O7. The predicted octanol–water partition coefficient (Wildman–Crippen LogP) is 3.70. The van der Waals surface area contributed by atoms with Gasteiger partial charge in [0.25, 0.3) is 0 Å². The number of furan rings is 1. The van der Waals surface area contributed by atoms with Crippen molar-refractivity contribution in [1.82, 2.24) is 4.57 Å². The minimum absolute atomic E-state index is 0.0247. The molecule has 9 nitrogen and oxygen atoms in total. The number of carbonyl (C=O) groups is 2. The molecule has 1 aromatic carbocycles. The molecule has 0 fully saturated rings. The summed E-state index contributed by atoms with van der Waals surface area (Å²) >= 11 is 0. The van der Waals surface area contributed by atoms with Crippen LogP contribution in [0.25, 0.3) is 0 Å². The summed E-state index contributed by atoms with van der Waals surface area (Å²) in [5.41, 5.74) is 1.63. The summed E-state index contributed by atoms with van der Waals surface area (Å²) in [7, 11) is 1.29. The first-order valence-corrected chi connectivity index (χ1v) is 9.03. The Morgan fingerprint density at radius 2 is 1.97 bits per heavy atom. The molecular weight excluding hydrogens is 392 g/mol. The first kappa shape index (κ1) is 20.8. The Hall–Kier alpha value is -3.88. The summed E-state index contributed by atoms with van der Waals surface area (Å²) in [5, 5.41) is 11.1. The quantitative estimate of drug-likeness (QED) is 0.240. The Morgan fingerprint density at radius 1 is 1.20 bits per heavy atom. The normalized spacial score (nSPS) is 10.6. The fraction of sp³-hybridized carbons (Fsp3) is 0.238. The second-order valence-electron chi connectivity index (χ2n) is 6.59. The molecule has 9 heteroatoms. The highest BCUT2D eigenvalue weighted by Crippen LogP contribution is 2.28. The summed E-state index contributed by atoms with van der Waals surface area (Å²) in [5.74, 6) is -0.427. The fourth-order valence-corrected chi connectivity index (χ4v) is 3.14. The smallest absolute Gasteiger partial charge is 0.338 e. The van der Waals surface area contributed by atoms with Crippen molar-refractivity contribution in [3.05, 3.63) is 81.1 Å². The van der Waals surface area contributed by atoms with Crippen molar-refractivity contribution in [2.45, 2.75) is 20.4 Å². The van der Waals surface area contributed by atoms with E-state index in [9.17, 15) is 19.7 Å². The number of carbonyl (C=O) groups excluding carboxylic acids is 2. The van der Waals surface area contributed by atoms with Gasteiger partial charge >= 0.3 is 11.7 Å². The Bertz CT molecular complexity index is 1100. The number of hydrogen-bond acceptors (Lipinski definition) is 7. The molecule has 2 aromatic heterocycles. The average molecular weight is 412 g/mol. The van der Waals surface area contributed by atoms with Crippen LogP contribution >= 0.6 is 0 Å². The van der Waals surface area contributed by atoms with Gasteiger partial charge in [0.15, 0.2) is 12.4 Å². The molecule has 0 saturated carbocycles. The Kier molecular flexibility index (Phi) is 6.01. The van der Waals surface area contributed by atoms with Crippen LogP contribution in [0.2, 0.25) is 0 Å². The second-order valence-corrected chi connectivity index (χ2v) is 6.59. The molecule has 30 heavy (non-hydrogen) atoms. The lowest BCUT2D eigenvalue weighted by Crippen LogP contribution is -2.15. The lowest BCUT2D eigenvalue weighted by molar-refractivity contribution is -0.385. The summed E-state index contributed by atoms with van der Waals surface area (Å²) in [6.45, 7) is 3.67. The zero-order chi connectivity index (χ0) is 21.8. The van der Waals surface area contributed by atoms with Gasteiger partial charge in [-0.1, -0.05) is 0 Å². The number of aryl methyl sites for hydroxylation is 1. The van der Waals surface area contributed by atoms with Gasteiger partial charge in [-0.2, -0.15) is 0 Å². The van der Waals surface area contributed by atoms with E-state index in [1.165, 1.54) is 19.2 Å². The zero-order valence-corrected chi connectivity index (χ0v) is 16.7. The van der Waals surface area contributed by atoms with Crippen LogP contribution in [0.15, 0.2) is 47.1 Å². The number of ketones is 1. The maximum Gasteiger partial charge on any atom is 0.338 e. The molecule has 0 amide bonds. The van der Waals surface area contributed by atoms with Crippen LogP contribution in [0, 0.1) is 24.0 Å². The lowest BCUT2D eigenvalue weighted by atomic mass is 10.1. The van der Waals surface area contributed by atoms with Crippen LogP contribution in [0.4, 0.5) is 5.69 Å². The highest BCUT2D eigenvalue weighted by Gasteiger charge is 2.21. The molecule has 2 heterocycles. The summed E-state index contributed by atoms with van der Waals surface area (Å²) in [4.78, 5) is 35.3. The van der Waals surface area contributed by atoms with Crippen LogP contribution in [0.3, 0.4) is 0 Å². The minimum Gasteiger partial charge on any atom is -0.490 e. The topological polar surface area (TPSA) is 114 Å². The molecule has 0 aliphatic rings. The van der Waals surface area contributed by atoms with Crippen LogP contribution in [-0.2, 0) is 11.3 Å². The van der Waals surface area contributed by atoms with Crippen molar-refractivity contribution >= 4 is 17.4 Å². The Morgan fingerprint density at radius 3 is 2.60 bits per heavy atom. The van der Waals surface area contributed by atoms with E-state index in [-0.39, 0.29) is 22.8 Å². The first-order valence-electron chi connectivity index (χ1n) is 9.03. The largest absolute Gasteiger partial charge is 0.490 e. The lowest BCUT2D eigenvalue weighted by Gasteiger charge is -2.08. The van der Waals surface area contributed by atoms with Crippen LogP contribution in [-0.4, -0.2) is 35.0 Å². The maximum atomic E-state index is 12.6. The van der Waals surface area contributed by atoms with Gasteiger partial charge in [-0.3, -0.25) is 14.9 Å². The van der Waals surface area contributed by atoms with Crippen LogP contribution < -0.4 is 4.74 Å². The summed E-state index contributed by atoms with van der Waals surface area (Å²) < 4.78 is 17.3. The number of benzene rings is 1. The van der Waals surface area contributed by atoms with Crippen molar-refractivity contribution < 1.29 is 28.4 Å². The molecule has 3 aromatic rings.